The molecule has 2 aromatic rings. The van der Waals surface area contributed by atoms with E-state index >= 15 is 0 Å². The third-order valence-corrected chi connectivity index (χ3v) is 4.20. The lowest BCUT2D eigenvalue weighted by Gasteiger charge is -2.07. The van der Waals surface area contributed by atoms with Gasteiger partial charge in [-0.15, -0.1) is 11.3 Å². The summed E-state index contributed by atoms with van der Waals surface area (Å²) in [5.74, 6) is -0.835. The number of thiophene rings is 1. The topological polar surface area (TPSA) is 75.6 Å². The minimum atomic E-state index is -1.05. The summed E-state index contributed by atoms with van der Waals surface area (Å²) < 4.78 is 5.37. The van der Waals surface area contributed by atoms with Crippen molar-refractivity contribution in [3.63, 3.8) is 0 Å². The van der Waals surface area contributed by atoms with Gasteiger partial charge in [-0.2, -0.15) is 0 Å². The molecule has 1 amide bonds. The first kappa shape index (κ1) is 16.0. The summed E-state index contributed by atoms with van der Waals surface area (Å²) in [6.07, 6.45) is 0.723. The van der Waals surface area contributed by atoms with Gasteiger partial charge in [0.2, 0.25) is 0 Å². The van der Waals surface area contributed by atoms with Crippen LogP contribution < -0.4 is 10.1 Å². The fourth-order valence-electron chi connectivity index (χ4n) is 1.81. The number of carboxylic acid groups (broad SMARTS) is 1. The Kier molecular flexibility index (Phi) is 5.16. The molecule has 5 nitrogen and oxygen atoms in total. The first-order valence-electron chi connectivity index (χ1n) is 6.85. The number of aromatic carboxylic acids is 1. The number of aryl methyl sites for hydroxylation is 2. The van der Waals surface area contributed by atoms with Gasteiger partial charge in [0.15, 0.2) is 6.61 Å². The highest BCUT2D eigenvalue weighted by Crippen LogP contribution is 2.28. The Balaban J connectivity index is 1.98. The Morgan fingerprint density at radius 1 is 1.27 bits per heavy atom. The minimum Gasteiger partial charge on any atom is -0.484 e. The smallest absolute Gasteiger partial charge is 0.338 e. The van der Waals surface area contributed by atoms with Crippen LogP contribution in [0, 0.1) is 6.92 Å². The van der Waals surface area contributed by atoms with Gasteiger partial charge in [0, 0.05) is 4.88 Å². The monoisotopic (exact) mass is 319 g/mol. The molecule has 0 aliphatic carbocycles. The van der Waals surface area contributed by atoms with E-state index in [-0.39, 0.29) is 18.1 Å². The average molecular weight is 319 g/mol. The van der Waals surface area contributed by atoms with E-state index in [0.29, 0.717) is 10.8 Å². The van der Waals surface area contributed by atoms with Gasteiger partial charge in [0.1, 0.15) is 10.8 Å². The molecule has 0 saturated carbocycles. The molecule has 0 fully saturated rings. The Morgan fingerprint density at radius 2 is 1.95 bits per heavy atom. The van der Waals surface area contributed by atoms with Crippen molar-refractivity contribution in [2.75, 3.05) is 11.9 Å². The van der Waals surface area contributed by atoms with E-state index < -0.39 is 5.97 Å². The molecule has 0 aliphatic heterocycles. The second-order valence-electron chi connectivity index (χ2n) is 4.76. The van der Waals surface area contributed by atoms with E-state index in [1.807, 2.05) is 26.0 Å². The van der Waals surface area contributed by atoms with Crippen molar-refractivity contribution in [3.8, 4) is 5.75 Å². The number of hydrogen-bond donors (Lipinski definition) is 2. The highest BCUT2D eigenvalue weighted by molar-refractivity contribution is 7.16. The molecule has 0 spiro atoms. The molecule has 1 aromatic heterocycles. The molecule has 1 heterocycles. The van der Waals surface area contributed by atoms with Crippen LogP contribution in [0.3, 0.4) is 0 Å². The summed E-state index contributed by atoms with van der Waals surface area (Å²) in [7, 11) is 0. The third kappa shape index (κ3) is 4.08. The molecule has 6 heteroatoms. The van der Waals surface area contributed by atoms with Crippen LogP contribution in [0.5, 0.6) is 5.75 Å². The van der Waals surface area contributed by atoms with Gasteiger partial charge in [-0.1, -0.05) is 24.6 Å². The van der Waals surface area contributed by atoms with E-state index in [2.05, 4.69) is 5.32 Å². The van der Waals surface area contributed by atoms with Crippen LogP contribution in [0.15, 0.2) is 30.3 Å². The predicted molar refractivity (Wildman–Crippen MR) is 86.0 cm³/mol. The number of anilines is 1. The number of nitrogens with one attached hydrogen (secondary N) is 1. The summed E-state index contributed by atoms with van der Waals surface area (Å²) in [6, 6.07) is 8.94. The summed E-state index contributed by atoms with van der Waals surface area (Å²) in [6.45, 7) is 3.73. The van der Waals surface area contributed by atoms with Crippen LogP contribution in [0.4, 0.5) is 5.00 Å². The van der Waals surface area contributed by atoms with Crippen LogP contribution in [0.1, 0.15) is 27.7 Å². The molecule has 116 valence electrons. The first-order chi connectivity index (χ1) is 10.5. The largest absolute Gasteiger partial charge is 0.484 e. The van der Waals surface area contributed by atoms with Crippen LogP contribution in [0.25, 0.3) is 0 Å². The SMILES string of the molecule is CCc1cc(C(=O)O)c(NC(=O)COc2ccc(C)cc2)s1. The molecule has 0 unspecified atom stereocenters. The number of carbonyl (C=O) groups excluding carboxylic acids is 1. The average Bonchev–Trinajstić information content (AvgIpc) is 2.90. The standard InChI is InChI=1S/C16H17NO4S/c1-3-12-8-13(16(19)20)15(22-12)17-14(18)9-21-11-6-4-10(2)5-7-11/h4-8H,3,9H2,1-2H3,(H,17,18)(H,19,20). The zero-order chi connectivity index (χ0) is 16.1. The highest BCUT2D eigenvalue weighted by Gasteiger charge is 2.16. The fourth-order valence-corrected chi connectivity index (χ4v) is 2.82. The Labute approximate surface area is 132 Å². The van der Waals surface area contributed by atoms with E-state index in [1.54, 1.807) is 18.2 Å². The molecule has 0 saturated heterocycles. The Bertz CT molecular complexity index is 676. The van der Waals surface area contributed by atoms with Crippen LogP contribution in [-0.4, -0.2) is 23.6 Å². The van der Waals surface area contributed by atoms with Crippen molar-refractivity contribution in [2.24, 2.45) is 0 Å². The summed E-state index contributed by atoms with van der Waals surface area (Å²) in [4.78, 5) is 24.0. The quantitative estimate of drug-likeness (QED) is 0.856. The van der Waals surface area contributed by atoms with Gasteiger partial charge in [-0.3, -0.25) is 4.79 Å². The second kappa shape index (κ2) is 7.09. The number of rotatable bonds is 6. The number of amides is 1. The number of ether oxygens (including phenoxy) is 1. The van der Waals surface area contributed by atoms with Crippen molar-refractivity contribution in [1.82, 2.24) is 0 Å². The van der Waals surface area contributed by atoms with E-state index in [1.165, 1.54) is 11.3 Å². The van der Waals surface area contributed by atoms with Gasteiger partial charge in [0.25, 0.3) is 5.91 Å². The zero-order valence-corrected chi connectivity index (χ0v) is 13.2. The molecule has 2 rings (SSSR count). The lowest BCUT2D eigenvalue weighted by molar-refractivity contribution is -0.118. The van der Waals surface area contributed by atoms with Crippen molar-refractivity contribution in [2.45, 2.75) is 20.3 Å². The van der Waals surface area contributed by atoms with Crippen molar-refractivity contribution >= 4 is 28.2 Å². The van der Waals surface area contributed by atoms with Crippen molar-refractivity contribution in [3.05, 3.63) is 46.3 Å². The second-order valence-corrected chi connectivity index (χ2v) is 5.90. The van der Waals surface area contributed by atoms with E-state index in [0.717, 1.165) is 16.9 Å². The van der Waals surface area contributed by atoms with Crippen molar-refractivity contribution < 1.29 is 19.4 Å². The van der Waals surface area contributed by atoms with Gasteiger partial charge in [-0.25, -0.2) is 4.79 Å². The van der Waals surface area contributed by atoms with Gasteiger partial charge < -0.3 is 15.2 Å². The predicted octanol–water partition coefficient (Wildman–Crippen LogP) is 3.33. The molecular formula is C16H17NO4S. The summed E-state index contributed by atoms with van der Waals surface area (Å²) >= 11 is 1.27. The number of carbonyl (C=O) groups is 2. The summed E-state index contributed by atoms with van der Waals surface area (Å²) in [5, 5.41) is 12.1. The summed E-state index contributed by atoms with van der Waals surface area (Å²) in [5.41, 5.74) is 1.22. The van der Waals surface area contributed by atoms with Crippen LogP contribution >= 0.6 is 11.3 Å². The maximum Gasteiger partial charge on any atom is 0.338 e. The molecule has 22 heavy (non-hydrogen) atoms. The molecule has 1 aromatic carbocycles. The fraction of sp³-hybridized carbons (Fsp3) is 0.250. The molecule has 0 radical (unpaired) electrons. The third-order valence-electron chi connectivity index (χ3n) is 3.01. The molecule has 0 bridgehead atoms. The maximum atomic E-state index is 11.9. The van der Waals surface area contributed by atoms with Gasteiger partial charge in [-0.05, 0) is 31.5 Å². The Hall–Kier alpha value is -2.34. The van der Waals surface area contributed by atoms with Gasteiger partial charge in [0.05, 0.1) is 5.56 Å². The number of benzene rings is 1. The van der Waals surface area contributed by atoms with E-state index in [4.69, 9.17) is 9.84 Å². The number of hydrogen-bond acceptors (Lipinski definition) is 4. The zero-order valence-electron chi connectivity index (χ0n) is 12.4. The Morgan fingerprint density at radius 3 is 2.55 bits per heavy atom. The van der Waals surface area contributed by atoms with Crippen LogP contribution in [0.2, 0.25) is 0 Å². The first-order valence-corrected chi connectivity index (χ1v) is 7.66. The molecular weight excluding hydrogens is 302 g/mol. The normalized spacial score (nSPS) is 10.3. The number of carboxylic acids is 1. The van der Waals surface area contributed by atoms with Gasteiger partial charge >= 0.3 is 5.97 Å². The molecule has 2 N–H and O–H groups in total. The minimum absolute atomic E-state index is 0.116. The van der Waals surface area contributed by atoms with E-state index in [9.17, 15) is 9.59 Å². The molecule has 0 aliphatic rings. The lowest BCUT2D eigenvalue weighted by Crippen LogP contribution is -2.20. The van der Waals surface area contributed by atoms with Crippen LogP contribution in [-0.2, 0) is 11.2 Å². The maximum absolute atomic E-state index is 11.9. The lowest BCUT2D eigenvalue weighted by atomic mass is 10.2. The van der Waals surface area contributed by atoms with Crippen molar-refractivity contribution in [1.29, 1.82) is 0 Å². The molecule has 0 atom stereocenters. The highest BCUT2D eigenvalue weighted by atomic mass is 32.1.